The molecule has 3 heterocycles. The highest BCUT2D eigenvalue weighted by Crippen LogP contribution is 2.51. The van der Waals surface area contributed by atoms with Crippen molar-refractivity contribution < 1.29 is 13.3 Å². The SMILES string of the molecule is c1ccc2c(c1)oc1cccc(-c3c4ccccc4c(-c4ccc5oc6c(-c7c8ccccc8c(-c8cccc9oc%10ccccc%10c89)c8ccccc78)cccc6c5c4)c4ccccc34)c12. The first-order valence-electron chi connectivity index (χ1n) is 22.9. The van der Waals surface area contributed by atoms with Gasteiger partial charge in [-0.3, -0.25) is 0 Å². The van der Waals surface area contributed by atoms with Gasteiger partial charge in [-0.1, -0.05) is 182 Å². The minimum absolute atomic E-state index is 0.860. The molecule has 0 bridgehead atoms. The highest BCUT2D eigenvalue weighted by Gasteiger charge is 2.24. The summed E-state index contributed by atoms with van der Waals surface area (Å²) in [4.78, 5) is 0. The van der Waals surface area contributed by atoms with E-state index >= 15 is 0 Å². The summed E-state index contributed by atoms with van der Waals surface area (Å²) in [5.41, 5.74) is 14.7. The van der Waals surface area contributed by atoms with Gasteiger partial charge in [-0.15, -0.1) is 0 Å². The molecule has 3 aromatic heterocycles. The Hall–Kier alpha value is -8.92. The molecule has 0 aliphatic heterocycles. The quantitative estimate of drug-likeness (QED) is 0.166. The summed E-state index contributed by atoms with van der Waals surface area (Å²) >= 11 is 0. The lowest BCUT2D eigenvalue weighted by molar-refractivity contribution is 0.668. The molecule has 15 aromatic rings. The van der Waals surface area contributed by atoms with Crippen molar-refractivity contribution in [2.24, 2.45) is 0 Å². The number of para-hydroxylation sites is 3. The van der Waals surface area contributed by atoms with Crippen LogP contribution in [0.3, 0.4) is 0 Å². The molecule has 12 aromatic carbocycles. The Bertz CT molecular complexity index is 4460. The Kier molecular flexibility index (Phi) is 7.50. The predicted octanol–water partition coefficient (Wildman–Crippen LogP) is 18.7. The van der Waals surface area contributed by atoms with E-state index in [4.69, 9.17) is 13.3 Å². The van der Waals surface area contributed by atoms with Crippen molar-refractivity contribution in [2.75, 3.05) is 0 Å². The van der Waals surface area contributed by atoms with Crippen LogP contribution in [0.2, 0.25) is 0 Å². The van der Waals surface area contributed by atoms with Crippen molar-refractivity contribution in [3.63, 3.8) is 0 Å². The largest absolute Gasteiger partial charge is 0.456 e. The average molecular weight is 853 g/mol. The van der Waals surface area contributed by atoms with Crippen LogP contribution in [0.25, 0.3) is 153 Å². The third-order valence-corrected chi connectivity index (χ3v) is 14.3. The third kappa shape index (κ3) is 5.11. The normalized spacial score (nSPS) is 12.2. The average Bonchev–Trinajstić information content (AvgIpc) is 4.09. The van der Waals surface area contributed by atoms with Gasteiger partial charge in [0, 0.05) is 43.4 Å². The summed E-state index contributed by atoms with van der Waals surface area (Å²) in [5, 5.41) is 16.2. The third-order valence-electron chi connectivity index (χ3n) is 14.3. The number of hydrogen-bond acceptors (Lipinski definition) is 3. The summed E-state index contributed by atoms with van der Waals surface area (Å²) in [5.74, 6) is 0. The fraction of sp³-hybridized carbons (Fsp3) is 0. The molecule has 0 atom stereocenters. The summed E-state index contributed by atoms with van der Waals surface area (Å²) in [6.07, 6.45) is 0. The molecule has 310 valence electrons. The Morgan fingerprint density at radius 1 is 0.209 bits per heavy atom. The molecule has 0 N–H and O–H groups in total. The van der Waals surface area contributed by atoms with E-state index in [0.717, 1.165) is 88.1 Å². The van der Waals surface area contributed by atoms with E-state index in [1.807, 2.05) is 12.1 Å². The molecule has 0 amide bonds. The molecule has 0 aliphatic carbocycles. The van der Waals surface area contributed by atoms with Gasteiger partial charge in [0.15, 0.2) is 0 Å². The van der Waals surface area contributed by atoms with E-state index in [-0.39, 0.29) is 0 Å². The molecule has 0 aliphatic rings. The van der Waals surface area contributed by atoms with Gasteiger partial charge in [-0.05, 0) is 113 Å². The fourth-order valence-corrected chi connectivity index (χ4v) is 11.6. The van der Waals surface area contributed by atoms with Gasteiger partial charge < -0.3 is 13.3 Å². The zero-order valence-electron chi connectivity index (χ0n) is 36.0. The van der Waals surface area contributed by atoms with Crippen molar-refractivity contribution in [2.45, 2.75) is 0 Å². The van der Waals surface area contributed by atoms with E-state index in [1.54, 1.807) is 0 Å². The first-order valence-corrected chi connectivity index (χ1v) is 22.9. The second-order valence-corrected chi connectivity index (χ2v) is 17.7. The second kappa shape index (κ2) is 13.8. The molecular weight excluding hydrogens is 817 g/mol. The smallest absolute Gasteiger partial charge is 0.143 e. The standard InChI is InChI=1S/C64H36O3/c1-3-18-40-38(16-1)58(39-17-2-4-19-41(39)59(40)49-27-14-32-56-62(49)47-24-9-11-30-53(47)65-56)37-34-35-55-52(36-37)46-26-13-29-51(64(46)67-55)61-44-22-7-5-20-42(44)60(43-21-6-8-23-45(43)61)50-28-15-33-57-63(50)48-25-10-12-31-54(48)66-57/h1-36H. The maximum atomic E-state index is 7.04. The van der Waals surface area contributed by atoms with Crippen LogP contribution in [-0.4, -0.2) is 0 Å². The van der Waals surface area contributed by atoms with Gasteiger partial charge in [0.05, 0.1) is 0 Å². The number of fused-ring (bicyclic) bond motifs is 13. The second-order valence-electron chi connectivity index (χ2n) is 17.7. The number of hydrogen-bond donors (Lipinski definition) is 0. The van der Waals surface area contributed by atoms with Gasteiger partial charge >= 0.3 is 0 Å². The molecule has 3 nitrogen and oxygen atoms in total. The molecule has 0 saturated heterocycles. The highest BCUT2D eigenvalue weighted by molar-refractivity contribution is 6.29. The van der Waals surface area contributed by atoms with E-state index in [9.17, 15) is 0 Å². The van der Waals surface area contributed by atoms with Gasteiger partial charge in [-0.2, -0.15) is 0 Å². The zero-order chi connectivity index (χ0) is 43.7. The topological polar surface area (TPSA) is 39.4 Å². The maximum Gasteiger partial charge on any atom is 0.143 e. The van der Waals surface area contributed by atoms with Crippen LogP contribution in [0.5, 0.6) is 0 Å². The highest BCUT2D eigenvalue weighted by atomic mass is 16.3. The summed E-state index contributed by atoms with van der Waals surface area (Å²) < 4.78 is 19.9. The van der Waals surface area contributed by atoms with Crippen LogP contribution in [0.4, 0.5) is 0 Å². The van der Waals surface area contributed by atoms with Crippen LogP contribution >= 0.6 is 0 Å². The molecule has 15 rings (SSSR count). The minimum atomic E-state index is 0.860. The van der Waals surface area contributed by atoms with E-state index in [0.29, 0.717) is 0 Å². The van der Waals surface area contributed by atoms with Crippen molar-refractivity contribution in [1.29, 1.82) is 0 Å². The van der Waals surface area contributed by atoms with E-state index in [2.05, 4.69) is 206 Å². The van der Waals surface area contributed by atoms with Crippen LogP contribution < -0.4 is 0 Å². The number of rotatable bonds is 4. The van der Waals surface area contributed by atoms with Crippen molar-refractivity contribution >= 4 is 109 Å². The van der Waals surface area contributed by atoms with Gasteiger partial charge in [0.2, 0.25) is 0 Å². The zero-order valence-corrected chi connectivity index (χ0v) is 36.0. The predicted molar refractivity (Wildman–Crippen MR) is 280 cm³/mol. The molecule has 0 spiro atoms. The Balaban J connectivity index is 0.965. The van der Waals surface area contributed by atoms with Crippen LogP contribution in [0.15, 0.2) is 232 Å². The van der Waals surface area contributed by atoms with Crippen LogP contribution in [0, 0.1) is 0 Å². The molecule has 0 unspecified atom stereocenters. The molecule has 3 heteroatoms. The molecule has 0 saturated carbocycles. The van der Waals surface area contributed by atoms with Crippen molar-refractivity contribution in [3.8, 4) is 44.5 Å². The first-order chi connectivity index (χ1) is 33.3. The van der Waals surface area contributed by atoms with Gasteiger partial charge in [0.1, 0.15) is 33.5 Å². The Morgan fingerprint density at radius 2 is 0.552 bits per heavy atom. The summed E-state index contributed by atoms with van der Waals surface area (Å²) in [6.45, 7) is 0. The summed E-state index contributed by atoms with van der Waals surface area (Å²) in [7, 11) is 0. The Labute approximate surface area is 383 Å². The van der Waals surface area contributed by atoms with Gasteiger partial charge in [0.25, 0.3) is 0 Å². The number of furan rings is 3. The monoisotopic (exact) mass is 852 g/mol. The van der Waals surface area contributed by atoms with Crippen molar-refractivity contribution in [1.82, 2.24) is 0 Å². The minimum Gasteiger partial charge on any atom is -0.456 e. The van der Waals surface area contributed by atoms with Crippen LogP contribution in [-0.2, 0) is 0 Å². The molecule has 0 fully saturated rings. The fourth-order valence-electron chi connectivity index (χ4n) is 11.6. The lowest BCUT2D eigenvalue weighted by atomic mass is 9.84. The van der Waals surface area contributed by atoms with E-state index < -0.39 is 0 Å². The molecule has 0 radical (unpaired) electrons. The van der Waals surface area contributed by atoms with Crippen LogP contribution in [0.1, 0.15) is 0 Å². The lowest BCUT2D eigenvalue weighted by Gasteiger charge is -2.18. The molecule has 67 heavy (non-hydrogen) atoms. The molecular formula is C64H36O3. The lowest BCUT2D eigenvalue weighted by Crippen LogP contribution is -1.91. The first kappa shape index (κ1) is 36.4. The van der Waals surface area contributed by atoms with Crippen molar-refractivity contribution in [3.05, 3.63) is 218 Å². The maximum absolute atomic E-state index is 7.04. The number of benzene rings is 12. The van der Waals surface area contributed by atoms with Gasteiger partial charge in [-0.25, -0.2) is 0 Å². The summed E-state index contributed by atoms with van der Waals surface area (Å²) in [6, 6.07) is 78.4. The van der Waals surface area contributed by atoms with E-state index in [1.165, 1.54) is 65.3 Å². The Morgan fingerprint density at radius 3 is 1.03 bits per heavy atom.